The van der Waals surface area contributed by atoms with Crippen LogP contribution in [0.1, 0.15) is 335 Å². The quantitative estimate of drug-likeness (QED) is 0.0264. The lowest BCUT2D eigenvalue weighted by Crippen LogP contribution is -2.29. The summed E-state index contributed by atoms with van der Waals surface area (Å²) in [5, 5.41) is 0. The van der Waals surface area contributed by atoms with Crippen LogP contribution in [-0.2, 0) is 32.7 Å². The van der Waals surface area contributed by atoms with Gasteiger partial charge in [-0.1, -0.05) is 317 Å². The standard InChI is InChI=1S/C73H132NO8P/c1-3-5-7-9-11-13-15-17-19-21-23-25-26-27-28-29-30-31-32-33-34-35-36-37-38-39-40-41-42-43-44-46-47-49-51-53-55-57-59-61-63-65-72(75)79-69-71(70-81-83(77,78)80-68-67-74)82-73(76)66-64-62-60-58-56-54-52-50-48-45-24-22-20-18-16-14-12-10-8-6-4-2/h6,8,12,14,18,20-21,23-24,45,50,52,56,58,71H,3-5,7,9-11,13,15-17,19,22,25-44,46-49,51,53-55,57,59-70,74H2,1-2H3,(H,77,78)/b8-6-,14-12-,20-18-,23-21-,45-24-,52-50-,58-56-. The molecule has 0 aromatic carbocycles. The van der Waals surface area contributed by atoms with Crippen molar-refractivity contribution in [1.29, 1.82) is 0 Å². The number of rotatable bonds is 66. The Morgan fingerprint density at radius 1 is 0.373 bits per heavy atom. The van der Waals surface area contributed by atoms with E-state index in [0.29, 0.717) is 6.42 Å². The summed E-state index contributed by atoms with van der Waals surface area (Å²) in [4.78, 5) is 35.3. The smallest absolute Gasteiger partial charge is 0.462 e. The maximum absolute atomic E-state index is 12.7. The van der Waals surface area contributed by atoms with Crippen LogP contribution in [0.25, 0.3) is 0 Å². The summed E-state index contributed by atoms with van der Waals surface area (Å²) in [6.45, 7) is 3.61. The molecule has 2 unspecified atom stereocenters. The van der Waals surface area contributed by atoms with E-state index in [-0.39, 0.29) is 38.6 Å². The predicted molar refractivity (Wildman–Crippen MR) is 358 cm³/mol. The molecule has 0 spiro atoms. The van der Waals surface area contributed by atoms with Crippen LogP contribution in [0.4, 0.5) is 0 Å². The number of allylic oxidation sites excluding steroid dienone is 14. The summed E-state index contributed by atoms with van der Waals surface area (Å²) in [6.07, 6.45) is 91.4. The van der Waals surface area contributed by atoms with Gasteiger partial charge in [0.25, 0.3) is 0 Å². The van der Waals surface area contributed by atoms with Crippen molar-refractivity contribution in [2.75, 3.05) is 26.4 Å². The Bertz CT molecular complexity index is 1640. The van der Waals surface area contributed by atoms with Gasteiger partial charge in [0.05, 0.1) is 13.2 Å². The van der Waals surface area contributed by atoms with Gasteiger partial charge in [0, 0.05) is 19.4 Å². The number of hydrogen-bond acceptors (Lipinski definition) is 8. The van der Waals surface area contributed by atoms with E-state index in [1.807, 2.05) is 0 Å². The van der Waals surface area contributed by atoms with E-state index in [1.165, 1.54) is 231 Å². The molecule has 0 aliphatic carbocycles. The van der Waals surface area contributed by atoms with Crippen molar-refractivity contribution < 1.29 is 37.6 Å². The second-order valence-corrected chi connectivity index (χ2v) is 24.8. The molecule has 0 bridgehead atoms. The average Bonchev–Trinajstić information content (AvgIpc) is 3.49. The fraction of sp³-hybridized carbons (Fsp3) is 0.781. The number of carbonyl (C=O) groups is 2. The minimum absolute atomic E-state index is 0.0434. The Labute approximate surface area is 513 Å². The van der Waals surface area contributed by atoms with Gasteiger partial charge >= 0.3 is 19.8 Å². The Kier molecular flexibility index (Phi) is 66.0. The van der Waals surface area contributed by atoms with E-state index in [9.17, 15) is 19.0 Å². The highest BCUT2D eigenvalue weighted by Crippen LogP contribution is 2.43. The third-order valence-corrected chi connectivity index (χ3v) is 16.2. The first kappa shape index (κ1) is 80.2. The summed E-state index contributed by atoms with van der Waals surface area (Å²) in [6, 6.07) is 0. The minimum Gasteiger partial charge on any atom is -0.462 e. The van der Waals surface area contributed by atoms with E-state index in [0.717, 1.165) is 70.6 Å². The molecular formula is C73H132NO8P. The molecular weight excluding hydrogens is 1050 g/mol. The molecule has 0 heterocycles. The lowest BCUT2D eigenvalue weighted by molar-refractivity contribution is -0.161. The maximum Gasteiger partial charge on any atom is 0.472 e. The van der Waals surface area contributed by atoms with Gasteiger partial charge in [-0.3, -0.25) is 18.6 Å². The van der Waals surface area contributed by atoms with E-state index in [1.54, 1.807) is 0 Å². The monoisotopic (exact) mass is 1180 g/mol. The number of phosphoric ester groups is 1. The molecule has 482 valence electrons. The first-order valence-corrected chi connectivity index (χ1v) is 36.6. The summed E-state index contributed by atoms with van der Waals surface area (Å²) in [5.41, 5.74) is 5.39. The SMILES string of the molecule is CC/C=C\C/C=C\C/C=C\C/C=C\C/C=C\C/C=C\CCCCC(=O)OC(COC(=O)CCCCCCCCCCCCCCCCCCCCCCCCCCCCCCC/C=C\CCCCCCCCCC)COP(=O)(O)OCCN. The number of hydrogen-bond donors (Lipinski definition) is 2. The normalized spacial score (nSPS) is 13.4. The zero-order valence-corrected chi connectivity index (χ0v) is 55.1. The molecule has 0 rings (SSSR count). The molecule has 9 nitrogen and oxygen atoms in total. The van der Waals surface area contributed by atoms with Crippen LogP contribution < -0.4 is 5.73 Å². The van der Waals surface area contributed by atoms with Gasteiger partial charge in [-0.25, -0.2) is 4.57 Å². The van der Waals surface area contributed by atoms with Gasteiger partial charge in [-0.05, 0) is 89.9 Å². The second-order valence-electron chi connectivity index (χ2n) is 23.4. The largest absolute Gasteiger partial charge is 0.472 e. The number of esters is 2. The van der Waals surface area contributed by atoms with E-state index >= 15 is 0 Å². The maximum atomic E-state index is 12.7. The van der Waals surface area contributed by atoms with Crippen LogP contribution in [0.15, 0.2) is 85.1 Å². The van der Waals surface area contributed by atoms with E-state index in [2.05, 4.69) is 98.9 Å². The zero-order chi connectivity index (χ0) is 60.1. The van der Waals surface area contributed by atoms with Crippen LogP contribution in [0.2, 0.25) is 0 Å². The lowest BCUT2D eigenvalue weighted by atomic mass is 10.0. The summed E-state index contributed by atoms with van der Waals surface area (Å²) >= 11 is 0. The van der Waals surface area contributed by atoms with Crippen LogP contribution in [0, 0.1) is 0 Å². The van der Waals surface area contributed by atoms with Gasteiger partial charge < -0.3 is 20.1 Å². The van der Waals surface area contributed by atoms with Crippen molar-refractivity contribution in [3.63, 3.8) is 0 Å². The topological polar surface area (TPSA) is 134 Å². The molecule has 0 aliphatic rings. The fourth-order valence-electron chi connectivity index (χ4n) is 10.1. The molecule has 10 heteroatoms. The number of phosphoric acid groups is 1. The van der Waals surface area contributed by atoms with Crippen LogP contribution in [0.5, 0.6) is 0 Å². The van der Waals surface area contributed by atoms with Crippen molar-refractivity contribution >= 4 is 19.8 Å². The van der Waals surface area contributed by atoms with Crippen molar-refractivity contribution in [2.24, 2.45) is 5.73 Å². The molecule has 0 saturated heterocycles. The Morgan fingerprint density at radius 3 is 1.02 bits per heavy atom. The van der Waals surface area contributed by atoms with Gasteiger partial charge in [0.15, 0.2) is 6.10 Å². The summed E-state index contributed by atoms with van der Waals surface area (Å²) < 4.78 is 33.1. The van der Waals surface area contributed by atoms with E-state index < -0.39 is 26.5 Å². The molecule has 0 radical (unpaired) electrons. The zero-order valence-electron chi connectivity index (χ0n) is 54.2. The van der Waals surface area contributed by atoms with Crippen molar-refractivity contribution in [1.82, 2.24) is 0 Å². The first-order chi connectivity index (χ1) is 40.8. The first-order valence-electron chi connectivity index (χ1n) is 35.1. The van der Waals surface area contributed by atoms with Gasteiger partial charge in [0.2, 0.25) is 0 Å². The van der Waals surface area contributed by atoms with Crippen molar-refractivity contribution in [3.05, 3.63) is 85.1 Å². The highest BCUT2D eigenvalue weighted by atomic mass is 31.2. The third kappa shape index (κ3) is 68.2. The Morgan fingerprint density at radius 2 is 0.663 bits per heavy atom. The minimum atomic E-state index is -4.41. The van der Waals surface area contributed by atoms with Crippen LogP contribution in [-0.4, -0.2) is 49.3 Å². The van der Waals surface area contributed by atoms with Crippen LogP contribution in [0.3, 0.4) is 0 Å². The highest BCUT2D eigenvalue weighted by molar-refractivity contribution is 7.47. The van der Waals surface area contributed by atoms with Gasteiger partial charge in [0.1, 0.15) is 6.61 Å². The molecule has 0 aromatic rings. The Balaban J connectivity index is 3.79. The molecule has 0 aliphatic heterocycles. The molecule has 0 aromatic heterocycles. The third-order valence-electron chi connectivity index (χ3n) is 15.3. The number of nitrogens with two attached hydrogens (primary N) is 1. The fourth-order valence-corrected chi connectivity index (χ4v) is 10.9. The number of carbonyl (C=O) groups excluding carboxylic acids is 2. The van der Waals surface area contributed by atoms with Crippen molar-refractivity contribution in [2.45, 2.75) is 341 Å². The van der Waals surface area contributed by atoms with Crippen molar-refractivity contribution in [3.8, 4) is 0 Å². The molecule has 2 atom stereocenters. The Hall–Kier alpha value is -2.81. The van der Waals surface area contributed by atoms with Crippen LogP contribution >= 0.6 is 7.82 Å². The molecule has 0 fully saturated rings. The molecule has 0 saturated carbocycles. The second kappa shape index (κ2) is 68.3. The number of ether oxygens (including phenoxy) is 2. The van der Waals surface area contributed by atoms with Gasteiger partial charge in [-0.2, -0.15) is 0 Å². The summed E-state index contributed by atoms with van der Waals surface area (Å²) in [5.74, 6) is -0.871. The predicted octanol–water partition coefficient (Wildman–Crippen LogP) is 23.0. The number of unbranched alkanes of at least 4 members (excludes halogenated alkanes) is 39. The van der Waals surface area contributed by atoms with E-state index in [4.69, 9.17) is 24.3 Å². The molecule has 83 heavy (non-hydrogen) atoms. The summed E-state index contributed by atoms with van der Waals surface area (Å²) in [7, 11) is -4.41. The van der Waals surface area contributed by atoms with Gasteiger partial charge in [-0.15, -0.1) is 0 Å². The average molecular weight is 1180 g/mol. The molecule has 3 N–H and O–H groups in total. The lowest BCUT2D eigenvalue weighted by Gasteiger charge is -2.19. The highest BCUT2D eigenvalue weighted by Gasteiger charge is 2.26. The molecule has 0 amide bonds.